The molecule has 0 spiro atoms. The molecule has 1 aromatic carbocycles. The summed E-state index contributed by atoms with van der Waals surface area (Å²) >= 11 is 0. The van der Waals surface area contributed by atoms with Gasteiger partial charge in [0.2, 0.25) is 0 Å². The maximum Gasteiger partial charge on any atom is 0.257 e. The number of ether oxygens (including phenoxy) is 1. The number of aromatic hydroxyl groups is 1. The Labute approximate surface area is 94.4 Å². The van der Waals surface area contributed by atoms with Gasteiger partial charge in [-0.2, -0.15) is 0 Å². The number of phenolic OH excluding ortho intramolecular Hbond substituents is 1. The van der Waals surface area contributed by atoms with Gasteiger partial charge in [0.15, 0.2) is 0 Å². The van der Waals surface area contributed by atoms with Crippen molar-refractivity contribution in [3.8, 4) is 11.5 Å². The van der Waals surface area contributed by atoms with Crippen molar-refractivity contribution in [2.24, 2.45) is 5.73 Å². The Bertz CT molecular complexity index is 379. The molecule has 0 aliphatic rings. The number of hydrogen-bond donors (Lipinski definition) is 2. The van der Waals surface area contributed by atoms with Crippen molar-refractivity contribution in [3.63, 3.8) is 0 Å². The fraction of sp³-hybridized carbons (Fsp3) is 0.364. The van der Waals surface area contributed by atoms with Crippen LogP contribution in [0.25, 0.3) is 0 Å². The van der Waals surface area contributed by atoms with Gasteiger partial charge in [0, 0.05) is 20.1 Å². The zero-order chi connectivity index (χ0) is 12.1. The summed E-state index contributed by atoms with van der Waals surface area (Å²) in [6, 6.07) is 4.53. The highest BCUT2D eigenvalue weighted by atomic mass is 16.5. The number of carbonyl (C=O) groups excluding carboxylic acids is 1. The minimum atomic E-state index is -0.276. The van der Waals surface area contributed by atoms with Gasteiger partial charge in [0.05, 0.1) is 12.7 Å². The van der Waals surface area contributed by atoms with Crippen LogP contribution in [0.3, 0.4) is 0 Å². The Balaban J connectivity index is 2.97. The molecule has 3 N–H and O–H groups in total. The molecule has 0 unspecified atom stereocenters. The quantitative estimate of drug-likeness (QED) is 0.777. The lowest BCUT2D eigenvalue weighted by Gasteiger charge is -2.17. The molecule has 0 bridgehead atoms. The summed E-state index contributed by atoms with van der Waals surface area (Å²) < 4.78 is 4.99. The van der Waals surface area contributed by atoms with Gasteiger partial charge in [0.1, 0.15) is 11.5 Å². The number of rotatable bonds is 4. The molecule has 0 aromatic heterocycles. The topological polar surface area (TPSA) is 75.8 Å². The van der Waals surface area contributed by atoms with Crippen LogP contribution in [0.1, 0.15) is 10.4 Å². The Morgan fingerprint density at radius 2 is 2.25 bits per heavy atom. The first-order valence-electron chi connectivity index (χ1n) is 4.92. The number of carbonyl (C=O) groups is 1. The van der Waals surface area contributed by atoms with Gasteiger partial charge in [0.25, 0.3) is 5.91 Å². The number of likely N-dealkylation sites (N-methyl/N-ethyl adjacent to an activating group) is 1. The van der Waals surface area contributed by atoms with Crippen molar-refractivity contribution < 1.29 is 14.6 Å². The summed E-state index contributed by atoms with van der Waals surface area (Å²) in [5, 5.41) is 9.58. The second-order valence-electron chi connectivity index (χ2n) is 3.40. The first-order valence-corrected chi connectivity index (χ1v) is 4.92. The predicted molar refractivity (Wildman–Crippen MR) is 60.7 cm³/mol. The third kappa shape index (κ3) is 2.64. The van der Waals surface area contributed by atoms with Crippen molar-refractivity contribution in [2.45, 2.75) is 0 Å². The third-order valence-electron chi connectivity index (χ3n) is 2.25. The highest BCUT2D eigenvalue weighted by Crippen LogP contribution is 2.23. The number of nitrogens with zero attached hydrogens (tertiary/aromatic N) is 1. The molecule has 0 saturated heterocycles. The van der Waals surface area contributed by atoms with E-state index in [2.05, 4.69) is 0 Å². The predicted octanol–water partition coefficient (Wildman–Crippen LogP) is 0.431. The maximum atomic E-state index is 11.9. The van der Waals surface area contributed by atoms with Gasteiger partial charge in [-0.05, 0) is 18.2 Å². The third-order valence-corrected chi connectivity index (χ3v) is 2.25. The SMILES string of the molecule is COc1ccc(O)c(C(=O)N(C)CCN)c1. The fourth-order valence-electron chi connectivity index (χ4n) is 1.31. The van der Waals surface area contributed by atoms with Crippen LogP contribution in [0.4, 0.5) is 0 Å². The summed E-state index contributed by atoms with van der Waals surface area (Å²) in [7, 11) is 3.14. The van der Waals surface area contributed by atoms with E-state index in [0.29, 0.717) is 18.8 Å². The van der Waals surface area contributed by atoms with Crippen LogP contribution >= 0.6 is 0 Å². The minimum absolute atomic E-state index is 0.0605. The van der Waals surface area contributed by atoms with E-state index in [1.807, 2.05) is 0 Å². The molecule has 0 aliphatic heterocycles. The maximum absolute atomic E-state index is 11.9. The molecule has 0 fully saturated rings. The van der Waals surface area contributed by atoms with Gasteiger partial charge in [-0.15, -0.1) is 0 Å². The van der Waals surface area contributed by atoms with E-state index in [1.165, 1.54) is 24.1 Å². The number of phenols is 1. The Morgan fingerprint density at radius 3 is 2.81 bits per heavy atom. The van der Waals surface area contributed by atoms with Crippen molar-refractivity contribution in [1.29, 1.82) is 0 Å². The summed E-state index contributed by atoms with van der Waals surface area (Å²) in [6.07, 6.45) is 0. The molecular formula is C11H16N2O3. The van der Waals surface area contributed by atoms with Gasteiger partial charge in [-0.25, -0.2) is 0 Å². The van der Waals surface area contributed by atoms with Crippen molar-refractivity contribution in [1.82, 2.24) is 4.90 Å². The lowest BCUT2D eigenvalue weighted by Crippen LogP contribution is -2.31. The highest BCUT2D eigenvalue weighted by Gasteiger charge is 2.15. The van der Waals surface area contributed by atoms with Gasteiger partial charge in [-0.1, -0.05) is 0 Å². The average Bonchev–Trinajstić information content (AvgIpc) is 2.29. The molecule has 0 heterocycles. The van der Waals surface area contributed by atoms with E-state index in [4.69, 9.17) is 10.5 Å². The van der Waals surface area contributed by atoms with Crippen LogP contribution in [-0.2, 0) is 0 Å². The van der Waals surface area contributed by atoms with Gasteiger partial charge < -0.3 is 20.5 Å². The first-order chi connectivity index (χ1) is 7.60. The first kappa shape index (κ1) is 12.3. The standard InChI is InChI=1S/C11H16N2O3/c1-13(6-5-12)11(15)9-7-8(16-2)3-4-10(9)14/h3-4,7,14H,5-6,12H2,1-2H3. The van der Waals surface area contributed by atoms with E-state index < -0.39 is 0 Å². The summed E-state index contributed by atoms with van der Waals surface area (Å²) in [6.45, 7) is 0.822. The molecule has 5 nitrogen and oxygen atoms in total. The molecule has 0 atom stereocenters. The normalized spacial score (nSPS) is 9.94. The number of nitrogens with two attached hydrogens (primary N) is 1. The number of benzene rings is 1. The summed E-state index contributed by atoms with van der Waals surface area (Å²) in [5.41, 5.74) is 5.58. The van der Waals surface area contributed by atoms with Gasteiger partial charge in [-0.3, -0.25) is 4.79 Å². The molecule has 16 heavy (non-hydrogen) atoms. The lowest BCUT2D eigenvalue weighted by atomic mass is 10.1. The molecule has 1 amide bonds. The number of methoxy groups -OCH3 is 1. The van der Waals surface area contributed by atoms with Crippen LogP contribution in [0.2, 0.25) is 0 Å². The number of hydrogen-bond acceptors (Lipinski definition) is 4. The molecule has 1 aromatic rings. The smallest absolute Gasteiger partial charge is 0.257 e. The Morgan fingerprint density at radius 1 is 1.56 bits per heavy atom. The van der Waals surface area contributed by atoms with Crippen molar-refractivity contribution >= 4 is 5.91 Å². The van der Waals surface area contributed by atoms with E-state index in [0.717, 1.165) is 0 Å². The second-order valence-corrected chi connectivity index (χ2v) is 3.40. The molecule has 0 aliphatic carbocycles. The molecule has 5 heteroatoms. The van der Waals surface area contributed by atoms with Crippen molar-refractivity contribution in [2.75, 3.05) is 27.2 Å². The van der Waals surface area contributed by atoms with E-state index >= 15 is 0 Å². The van der Waals surface area contributed by atoms with Gasteiger partial charge >= 0.3 is 0 Å². The van der Waals surface area contributed by atoms with Crippen LogP contribution in [0, 0.1) is 0 Å². The molecule has 0 saturated carbocycles. The fourth-order valence-corrected chi connectivity index (χ4v) is 1.31. The molecule has 0 radical (unpaired) electrons. The number of amides is 1. The minimum Gasteiger partial charge on any atom is -0.507 e. The van der Waals surface area contributed by atoms with E-state index in [1.54, 1.807) is 13.1 Å². The Kier molecular flexibility index (Phi) is 4.13. The monoisotopic (exact) mass is 224 g/mol. The summed E-state index contributed by atoms with van der Waals surface area (Å²) in [5.74, 6) is 0.193. The van der Waals surface area contributed by atoms with Crippen molar-refractivity contribution in [3.05, 3.63) is 23.8 Å². The zero-order valence-corrected chi connectivity index (χ0v) is 9.43. The molecular weight excluding hydrogens is 208 g/mol. The van der Waals surface area contributed by atoms with E-state index in [9.17, 15) is 9.90 Å². The van der Waals surface area contributed by atoms with Crippen LogP contribution < -0.4 is 10.5 Å². The second kappa shape index (κ2) is 5.37. The highest BCUT2D eigenvalue weighted by molar-refractivity contribution is 5.97. The zero-order valence-electron chi connectivity index (χ0n) is 9.43. The van der Waals surface area contributed by atoms with Crippen LogP contribution in [0.15, 0.2) is 18.2 Å². The average molecular weight is 224 g/mol. The Hall–Kier alpha value is -1.75. The molecule has 88 valence electrons. The largest absolute Gasteiger partial charge is 0.507 e. The van der Waals surface area contributed by atoms with E-state index in [-0.39, 0.29) is 17.2 Å². The molecule has 1 rings (SSSR count). The summed E-state index contributed by atoms with van der Waals surface area (Å²) in [4.78, 5) is 13.3. The lowest BCUT2D eigenvalue weighted by molar-refractivity contribution is 0.0795. The van der Waals surface area contributed by atoms with Crippen LogP contribution in [-0.4, -0.2) is 43.2 Å². The van der Waals surface area contributed by atoms with Crippen LogP contribution in [0.5, 0.6) is 11.5 Å².